The molecular weight excluding hydrogens is 323 g/mol. The zero-order chi connectivity index (χ0) is 13.2. The Labute approximate surface area is 114 Å². The van der Waals surface area contributed by atoms with Crippen LogP contribution in [0.5, 0.6) is 0 Å². The van der Waals surface area contributed by atoms with E-state index >= 15 is 0 Å². The molecule has 0 spiro atoms. The first-order chi connectivity index (χ1) is 8.47. The maximum atomic E-state index is 13.0. The van der Waals surface area contributed by atoms with Crippen LogP contribution in [0.2, 0.25) is 0 Å². The van der Waals surface area contributed by atoms with Crippen LogP contribution in [0.3, 0.4) is 0 Å². The van der Waals surface area contributed by atoms with Gasteiger partial charge in [-0.3, -0.25) is 4.98 Å². The summed E-state index contributed by atoms with van der Waals surface area (Å²) < 4.78 is 39.6. The van der Waals surface area contributed by atoms with Gasteiger partial charge in [0.1, 0.15) is 10.7 Å². The summed E-state index contributed by atoms with van der Waals surface area (Å²) in [6, 6.07) is 0.901. The minimum Gasteiger partial charge on any atom is -0.260 e. The van der Waals surface area contributed by atoms with E-state index in [0.29, 0.717) is 4.83 Å². The van der Waals surface area contributed by atoms with E-state index < -0.39 is 15.8 Å². The molecule has 0 aliphatic heterocycles. The van der Waals surface area contributed by atoms with Crippen molar-refractivity contribution in [2.75, 3.05) is 0 Å². The fraction of sp³-hybridized carbons (Fsp3) is 0.545. The van der Waals surface area contributed by atoms with Gasteiger partial charge in [-0.2, -0.15) is 0 Å². The van der Waals surface area contributed by atoms with Crippen molar-refractivity contribution in [3.8, 4) is 0 Å². The van der Waals surface area contributed by atoms with E-state index in [1.54, 1.807) is 0 Å². The molecule has 4 nitrogen and oxygen atoms in total. The monoisotopic (exact) mass is 336 g/mol. The topological polar surface area (TPSA) is 59.1 Å². The number of aromatic nitrogens is 1. The fourth-order valence-electron chi connectivity index (χ4n) is 2.00. The van der Waals surface area contributed by atoms with Crippen molar-refractivity contribution in [2.24, 2.45) is 0 Å². The van der Waals surface area contributed by atoms with Crippen LogP contribution in [-0.2, 0) is 10.0 Å². The Hall–Kier alpha value is -0.530. The van der Waals surface area contributed by atoms with Gasteiger partial charge in [0, 0.05) is 17.1 Å². The number of rotatable bonds is 3. The zero-order valence-corrected chi connectivity index (χ0v) is 12.0. The highest BCUT2D eigenvalue weighted by Crippen LogP contribution is 2.25. The molecule has 0 aromatic carbocycles. The van der Waals surface area contributed by atoms with E-state index in [4.69, 9.17) is 0 Å². The number of sulfonamides is 1. The molecule has 0 amide bonds. The predicted octanol–water partition coefficient (Wildman–Crippen LogP) is 2.21. The van der Waals surface area contributed by atoms with Crippen LogP contribution < -0.4 is 4.72 Å². The molecule has 1 saturated carbocycles. The average molecular weight is 337 g/mol. The van der Waals surface area contributed by atoms with Gasteiger partial charge >= 0.3 is 0 Å². The molecule has 18 heavy (non-hydrogen) atoms. The SMILES string of the molecule is O=S(=O)(NC1CCC(Br)CC1)c1cncc(F)c1. The Morgan fingerprint density at radius 3 is 2.56 bits per heavy atom. The molecule has 0 bridgehead atoms. The van der Waals surface area contributed by atoms with Gasteiger partial charge in [-0.25, -0.2) is 17.5 Å². The lowest BCUT2D eigenvalue weighted by atomic mass is 9.96. The number of nitrogens with one attached hydrogen (secondary N) is 1. The third kappa shape index (κ3) is 3.49. The molecule has 0 unspecified atom stereocenters. The summed E-state index contributed by atoms with van der Waals surface area (Å²) in [7, 11) is -3.67. The summed E-state index contributed by atoms with van der Waals surface area (Å²) >= 11 is 3.51. The van der Waals surface area contributed by atoms with Crippen molar-refractivity contribution in [1.29, 1.82) is 0 Å². The van der Waals surface area contributed by atoms with E-state index in [9.17, 15) is 12.8 Å². The first-order valence-electron chi connectivity index (χ1n) is 5.74. The van der Waals surface area contributed by atoms with Crippen LogP contribution >= 0.6 is 15.9 Å². The maximum absolute atomic E-state index is 13.0. The van der Waals surface area contributed by atoms with Crippen LogP contribution in [0.15, 0.2) is 23.4 Å². The maximum Gasteiger partial charge on any atom is 0.242 e. The molecule has 1 aliphatic carbocycles. The number of hydrogen-bond acceptors (Lipinski definition) is 3. The highest BCUT2D eigenvalue weighted by Gasteiger charge is 2.25. The van der Waals surface area contributed by atoms with E-state index in [2.05, 4.69) is 25.6 Å². The highest BCUT2D eigenvalue weighted by atomic mass is 79.9. The van der Waals surface area contributed by atoms with Gasteiger partial charge in [-0.1, -0.05) is 15.9 Å². The second-order valence-electron chi connectivity index (χ2n) is 4.41. The van der Waals surface area contributed by atoms with Gasteiger partial charge in [0.05, 0.1) is 6.20 Å². The van der Waals surface area contributed by atoms with Crippen molar-refractivity contribution >= 4 is 26.0 Å². The largest absolute Gasteiger partial charge is 0.260 e. The van der Waals surface area contributed by atoms with Crippen LogP contribution in [0, 0.1) is 5.82 Å². The Morgan fingerprint density at radius 1 is 1.28 bits per heavy atom. The summed E-state index contributed by atoms with van der Waals surface area (Å²) in [5.74, 6) is -0.651. The lowest BCUT2D eigenvalue weighted by molar-refractivity contribution is 0.422. The Morgan fingerprint density at radius 2 is 1.94 bits per heavy atom. The molecule has 1 aromatic rings. The van der Waals surface area contributed by atoms with Crippen LogP contribution in [0.4, 0.5) is 4.39 Å². The molecule has 2 rings (SSSR count). The Balaban J connectivity index is 2.08. The summed E-state index contributed by atoms with van der Waals surface area (Å²) in [6.45, 7) is 0. The molecule has 1 fully saturated rings. The van der Waals surface area contributed by atoms with E-state index in [-0.39, 0.29) is 10.9 Å². The number of hydrogen-bond donors (Lipinski definition) is 1. The number of nitrogens with zero attached hydrogens (tertiary/aromatic N) is 1. The van der Waals surface area contributed by atoms with Gasteiger partial charge in [0.2, 0.25) is 10.0 Å². The quantitative estimate of drug-likeness (QED) is 0.861. The lowest BCUT2D eigenvalue weighted by Crippen LogP contribution is -2.37. The second kappa shape index (κ2) is 5.63. The van der Waals surface area contributed by atoms with E-state index in [1.165, 1.54) is 0 Å². The molecule has 0 atom stereocenters. The summed E-state index contributed by atoms with van der Waals surface area (Å²) in [5.41, 5.74) is 0. The second-order valence-corrected chi connectivity index (χ2v) is 7.42. The predicted molar refractivity (Wildman–Crippen MR) is 69.5 cm³/mol. The molecule has 100 valence electrons. The van der Waals surface area contributed by atoms with Gasteiger partial charge in [-0.05, 0) is 31.7 Å². The molecule has 1 aliphatic rings. The van der Waals surface area contributed by atoms with E-state index in [1.807, 2.05) is 0 Å². The molecule has 1 N–H and O–H groups in total. The minimum absolute atomic E-state index is 0.0768. The average Bonchev–Trinajstić information content (AvgIpc) is 2.32. The van der Waals surface area contributed by atoms with Crippen LogP contribution in [-0.4, -0.2) is 24.3 Å². The fourth-order valence-corrected chi connectivity index (χ4v) is 3.80. The third-order valence-electron chi connectivity index (χ3n) is 2.97. The van der Waals surface area contributed by atoms with Crippen LogP contribution in [0.1, 0.15) is 25.7 Å². The lowest BCUT2D eigenvalue weighted by Gasteiger charge is -2.25. The zero-order valence-electron chi connectivity index (χ0n) is 9.64. The molecule has 1 aromatic heterocycles. The summed E-state index contributed by atoms with van der Waals surface area (Å²) in [5, 5.41) is 0. The smallest absolute Gasteiger partial charge is 0.242 e. The van der Waals surface area contributed by atoms with Crippen molar-refractivity contribution in [3.63, 3.8) is 0 Å². The van der Waals surface area contributed by atoms with Gasteiger partial charge < -0.3 is 0 Å². The standard InChI is InChI=1S/C11H14BrFN2O2S/c12-8-1-3-10(4-2-8)15-18(16,17)11-5-9(13)6-14-7-11/h5-8,10,15H,1-4H2. The van der Waals surface area contributed by atoms with Crippen molar-refractivity contribution in [2.45, 2.75) is 41.4 Å². The highest BCUT2D eigenvalue weighted by molar-refractivity contribution is 9.09. The summed E-state index contributed by atoms with van der Waals surface area (Å²) in [4.78, 5) is 3.90. The van der Waals surface area contributed by atoms with Crippen molar-refractivity contribution in [1.82, 2.24) is 9.71 Å². The van der Waals surface area contributed by atoms with E-state index in [0.717, 1.165) is 44.1 Å². The van der Waals surface area contributed by atoms with Crippen LogP contribution in [0.25, 0.3) is 0 Å². The number of pyridine rings is 1. The first kappa shape index (κ1) is 13.9. The van der Waals surface area contributed by atoms with Gasteiger partial charge in [-0.15, -0.1) is 0 Å². The molecular formula is C11H14BrFN2O2S. The first-order valence-corrected chi connectivity index (χ1v) is 8.14. The van der Waals surface area contributed by atoms with Gasteiger partial charge in [0.15, 0.2) is 0 Å². The Kier molecular flexibility index (Phi) is 4.34. The molecule has 1 heterocycles. The third-order valence-corrected chi connectivity index (χ3v) is 5.37. The molecule has 0 radical (unpaired) electrons. The number of halogens is 2. The van der Waals surface area contributed by atoms with Gasteiger partial charge in [0.25, 0.3) is 0 Å². The molecule has 0 saturated heterocycles. The van der Waals surface area contributed by atoms with Crippen molar-refractivity contribution in [3.05, 3.63) is 24.3 Å². The minimum atomic E-state index is -3.67. The van der Waals surface area contributed by atoms with Crippen molar-refractivity contribution < 1.29 is 12.8 Å². The normalized spacial score (nSPS) is 25.0. The summed E-state index contributed by atoms with van der Waals surface area (Å²) in [6.07, 6.45) is 5.59. The Bertz CT molecular complexity index is 516. The number of alkyl halides is 1. The molecule has 7 heteroatoms.